The van der Waals surface area contributed by atoms with Crippen LogP contribution >= 0.6 is 0 Å². The number of ketones is 1. The van der Waals surface area contributed by atoms with Crippen LogP contribution in [0.15, 0.2) is 36.5 Å². The fourth-order valence-electron chi connectivity index (χ4n) is 1.41. The molecule has 0 unspecified atom stereocenters. The molecule has 0 fully saturated rings. The topological polar surface area (TPSA) is 42.9 Å². The van der Waals surface area contributed by atoms with Crippen molar-refractivity contribution in [3.05, 3.63) is 47.9 Å². The second kappa shape index (κ2) is 4.23. The zero-order valence-electron chi connectivity index (χ0n) is 9.27. The molecule has 2 rings (SSSR count). The summed E-state index contributed by atoms with van der Waals surface area (Å²) in [5, 5.41) is 0. The van der Waals surface area contributed by atoms with Crippen LogP contribution < -0.4 is 0 Å². The zero-order chi connectivity index (χ0) is 11.5. The van der Waals surface area contributed by atoms with Crippen LogP contribution in [0.2, 0.25) is 0 Å². The lowest BCUT2D eigenvalue weighted by Crippen LogP contribution is -2.01. The highest BCUT2D eigenvalue weighted by molar-refractivity contribution is 5.90. The predicted octanol–water partition coefficient (Wildman–Crippen LogP) is 2.65. The molecule has 0 aliphatic carbocycles. The van der Waals surface area contributed by atoms with Crippen molar-refractivity contribution in [2.24, 2.45) is 0 Å². The van der Waals surface area contributed by atoms with Crippen LogP contribution in [0.5, 0.6) is 0 Å². The molecule has 2 aromatic rings. The molecule has 0 saturated heterocycles. The van der Waals surface area contributed by atoms with Gasteiger partial charge in [0.05, 0.1) is 5.69 Å². The fourth-order valence-corrected chi connectivity index (χ4v) is 1.41. The highest BCUT2D eigenvalue weighted by atomic mass is 16.1. The molecule has 0 spiro atoms. The molecular weight excluding hydrogens is 200 g/mol. The molecule has 0 saturated carbocycles. The maximum Gasteiger partial charge on any atom is 0.196 e. The fraction of sp³-hybridized carbons (Fsp3) is 0.154. The van der Waals surface area contributed by atoms with Gasteiger partial charge in [-0.15, -0.1) is 0 Å². The van der Waals surface area contributed by atoms with E-state index in [9.17, 15) is 4.79 Å². The molecule has 0 aliphatic rings. The Hall–Kier alpha value is -2.03. The van der Waals surface area contributed by atoms with E-state index in [1.807, 2.05) is 31.2 Å². The number of carbonyl (C=O) groups is 1. The minimum atomic E-state index is -0.117. The normalized spacial score (nSPS) is 10.1. The SMILES string of the molecule is CC(=O)c1nccc(-c2ccc(C)cc2)n1. The summed E-state index contributed by atoms with van der Waals surface area (Å²) in [6.07, 6.45) is 1.61. The van der Waals surface area contributed by atoms with E-state index in [4.69, 9.17) is 0 Å². The maximum absolute atomic E-state index is 11.2. The van der Waals surface area contributed by atoms with Gasteiger partial charge in [-0.2, -0.15) is 0 Å². The highest BCUT2D eigenvalue weighted by Gasteiger charge is 2.05. The molecule has 1 aromatic heterocycles. The molecule has 3 heteroatoms. The van der Waals surface area contributed by atoms with Crippen molar-refractivity contribution in [3.8, 4) is 11.3 Å². The zero-order valence-corrected chi connectivity index (χ0v) is 9.27. The van der Waals surface area contributed by atoms with E-state index in [-0.39, 0.29) is 11.6 Å². The van der Waals surface area contributed by atoms with Gasteiger partial charge in [-0.1, -0.05) is 29.8 Å². The van der Waals surface area contributed by atoms with Crippen LogP contribution in [-0.4, -0.2) is 15.8 Å². The molecule has 80 valence electrons. The summed E-state index contributed by atoms with van der Waals surface area (Å²) in [5.74, 6) is 0.145. The van der Waals surface area contributed by atoms with Crippen LogP contribution in [0, 0.1) is 6.92 Å². The summed E-state index contributed by atoms with van der Waals surface area (Å²) in [4.78, 5) is 19.3. The van der Waals surface area contributed by atoms with Gasteiger partial charge < -0.3 is 0 Å². The summed E-state index contributed by atoms with van der Waals surface area (Å²) in [6, 6.07) is 9.82. The predicted molar refractivity (Wildman–Crippen MR) is 62.2 cm³/mol. The third-order valence-electron chi connectivity index (χ3n) is 2.32. The van der Waals surface area contributed by atoms with Crippen LogP contribution in [0.3, 0.4) is 0 Å². The number of aryl methyl sites for hydroxylation is 1. The molecule has 16 heavy (non-hydrogen) atoms. The van der Waals surface area contributed by atoms with Gasteiger partial charge in [0.15, 0.2) is 11.6 Å². The number of hydrogen-bond acceptors (Lipinski definition) is 3. The number of carbonyl (C=O) groups excluding carboxylic acids is 1. The minimum Gasteiger partial charge on any atom is -0.291 e. The largest absolute Gasteiger partial charge is 0.291 e. The van der Waals surface area contributed by atoms with E-state index in [1.54, 1.807) is 12.3 Å². The van der Waals surface area contributed by atoms with E-state index >= 15 is 0 Å². The van der Waals surface area contributed by atoms with Gasteiger partial charge in [-0.05, 0) is 13.0 Å². The number of benzene rings is 1. The second-order valence-electron chi connectivity index (χ2n) is 3.69. The summed E-state index contributed by atoms with van der Waals surface area (Å²) in [7, 11) is 0. The first-order chi connectivity index (χ1) is 7.66. The molecule has 0 N–H and O–H groups in total. The van der Waals surface area contributed by atoms with Crippen LogP contribution in [0.4, 0.5) is 0 Å². The molecule has 0 radical (unpaired) electrons. The molecule has 1 aromatic carbocycles. The third kappa shape index (κ3) is 2.14. The number of rotatable bonds is 2. The third-order valence-corrected chi connectivity index (χ3v) is 2.32. The monoisotopic (exact) mass is 212 g/mol. The lowest BCUT2D eigenvalue weighted by molar-refractivity contribution is 0.100. The van der Waals surface area contributed by atoms with Gasteiger partial charge in [-0.3, -0.25) is 4.79 Å². The van der Waals surface area contributed by atoms with E-state index in [1.165, 1.54) is 12.5 Å². The Morgan fingerprint density at radius 2 is 1.81 bits per heavy atom. The van der Waals surface area contributed by atoms with Crippen molar-refractivity contribution >= 4 is 5.78 Å². The highest BCUT2D eigenvalue weighted by Crippen LogP contribution is 2.16. The summed E-state index contributed by atoms with van der Waals surface area (Å²) < 4.78 is 0. The summed E-state index contributed by atoms with van der Waals surface area (Å²) in [5.41, 5.74) is 2.97. The van der Waals surface area contributed by atoms with E-state index in [2.05, 4.69) is 9.97 Å². The number of nitrogens with zero attached hydrogens (tertiary/aromatic N) is 2. The molecule has 0 aliphatic heterocycles. The first-order valence-electron chi connectivity index (χ1n) is 5.08. The van der Waals surface area contributed by atoms with Gasteiger partial charge in [0, 0.05) is 18.7 Å². The average Bonchev–Trinajstić information content (AvgIpc) is 2.30. The van der Waals surface area contributed by atoms with Crippen molar-refractivity contribution in [1.29, 1.82) is 0 Å². The quantitative estimate of drug-likeness (QED) is 0.719. The van der Waals surface area contributed by atoms with Crippen molar-refractivity contribution in [3.63, 3.8) is 0 Å². The van der Waals surface area contributed by atoms with Gasteiger partial charge in [0.1, 0.15) is 0 Å². The molecule has 1 heterocycles. The molecule has 0 amide bonds. The van der Waals surface area contributed by atoms with Crippen molar-refractivity contribution in [2.75, 3.05) is 0 Å². The first kappa shape index (κ1) is 10.5. The number of Topliss-reactive ketones (excluding diaryl/α,β-unsaturated/α-hetero) is 1. The lowest BCUT2D eigenvalue weighted by atomic mass is 10.1. The van der Waals surface area contributed by atoms with Crippen LogP contribution in [-0.2, 0) is 0 Å². The Kier molecular flexibility index (Phi) is 2.77. The minimum absolute atomic E-state index is 0.117. The summed E-state index contributed by atoms with van der Waals surface area (Å²) >= 11 is 0. The Morgan fingerprint density at radius 1 is 1.12 bits per heavy atom. The number of aromatic nitrogens is 2. The van der Waals surface area contributed by atoms with E-state index in [0.717, 1.165) is 11.3 Å². The number of hydrogen-bond donors (Lipinski definition) is 0. The summed E-state index contributed by atoms with van der Waals surface area (Å²) in [6.45, 7) is 3.50. The first-order valence-corrected chi connectivity index (χ1v) is 5.08. The average molecular weight is 212 g/mol. The van der Waals surface area contributed by atoms with Crippen molar-refractivity contribution in [1.82, 2.24) is 9.97 Å². The standard InChI is InChI=1S/C13H12N2O/c1-9-3-5-11(6-4-9)12-7-8-14-13(15-12)10(2)16/h3-8H,1-2H3. The van der Waals surface area contributed by atoms with Gasteiger partial charge in [0.2, 0.25) is 0 Å². The van der Waals surface area contributed by atoms with E-state index in [0.29, 0.717) is 0 Å². The van der Waals surface area contributed by atoms with Gasteiger partial charge in [-0.25, -0.2) is 9.97 Å². The van der Waals surface area contributed by atoms with Crippen molar-refractivity contribution < 1.29 is 4.79 Å². The second-order valence-corrected chi connectivity index (χ2v) is 3.69. The van der Waals surface area contributed by atoms with Crippen LogP contribution in [0.25, 0.3) is 11.3 Å². The Morgan fingerprint density at radius 3 is 2.44 bits per heavy atom. The van der Waals surface area contributed by atoms with Crippen LogP contribution in [0.1, 0.15) is 23.1 Å². The maximum atomic E-state index is 11.2. The smallest absolute Gasteiger partial charge is 0.196 e. The van der Waals surface area contributed by atoms with Crippen molar-refractivity contribution in [2.45, 2.75) is 13.8 Å². The van der Waals surface area contributed by atoms with Gasteiger partial charge in [0.25, 0.3) is 0 Å². The Balaban J connectivity index is 2.44. The molecule has 0 bridgehead atoms. The van der Waals surface area contributed by atoms with Gasteiger partial charge >= 0.3 is 0 Å². The Bertz CT molecular complexity index is 518. The van der Waals surface area contributed by atoms with E-state index < -0.39 is 0 Å². The molecule has 0 atom stereocenters. The molecule has 3 nitrogen and oxygen atoms in total. The molecular formula is C13H12N2O. The Labute approximate surface area is 94.2 Å². The lowest BCUT2D eigenvalue weighted by Gasteiger charge is -2.02.